The minimum atomic E-state index is 0.245. The molecule has 17 heavy (non-hydrogen) atoms. The zero-order valence-electron chi connectivity index (χ0n) is 10.2. The summed E-state index contributed by atoms with van der Waals surface area (Å²) in [4.78, 5) is 0. The second-order valence-corrected chi connectivity index (χ2v) is 4.58. The van der Waals surface area contributed by atoms with Gasteiger partial charge in [-0.05, 0) is 43.4 Å². The summed E-state index contributed by atoms with van der Waals surface area (Å²) in [6, 6.07) is 8.97. The van der Waals surface area contributed by atoms with Gasteiger partial charge in [-0.25, -0.2) is 0 Å². The van der Waals surface area contributed by atoms with Gasteiger partial charge in [-0.15, -0.1) is 0 Å². The predicted octanol–water partition coefficient (Wildman–Crippen LogP) is 2.09. The number of benzene rings is 1. The van der Waals surface area contributed by atoms with Crippen LogP contribution < -0.4 is 10.1 Å². The standard InChI is InChI=1S/C14H21NO2/c16-8-1-2-9-17-14-5-3-4-12(10-14)11-15-13-6-7-13/h3-5,10,13,15-16H,1-2,6-9,11H2. The van der Waals surface area contributed by atoms with Crippen molar-refractivity contribution in [3.8, 4) is 5.75 Å². The van der Waals surface area contributed by atoms with Crippen molar-refractivity contribution in [2.45, 2.75) is 38.3 Å². The third-order valence-corrected chi connectivity index (χ3v) is 2.89. The molecule has 1 aromatic rings. The number of hydrogen-bond acceptors (Lipinski definition) is 3. The van der Waals surface area contributed by atoms with Crippen molar-refractivity contribution in [2.75, 3.05) is 13.2 Å². The predicted molar refractivity (Wildman–Crippen MR) is 68.1 cm³/mol. The van der Waals surface area contributed by atoms with E-state index in [-0.39, 0.29) is 6.61 Å². The van der Waals surface area contributed by atoms with Crippen LogP contribution in [-0.2, 0) is 6.54 Å². The molecule has 2 rings (SSSR count). The van der Waals surface area contributed by atoms with E-state index in [4.69, 9.17) is 9.84 Å². The van der Waals surface area contributed by atoms with Crippen molar-refractivity contribution >= 4 is 0 Å². The van der Waals surface area contributed by atoms with Crippen LogP contribution >= 0.6 is 0 Å². The van der Waals surface area contributed by atoms with Crippen molar-refractivity contribution in [1.29, 1.82) is 0 Å². The molecule has 1 aromatic carbocycles. The summed E-state index contributed by atoms with van der Waals surface area (Å²) >= 11 is 0. The van der Waals surface area contributed by atoms with E-state index in [1.807, 2.05) is 12.1 Å². The number of hydrogen-bond donors (Lipinski definition) is 2. The molecule has 1 aliphatic carbocycles. The quantitative estimate of drug-likeness (QED) is 0.678. The van der Waals surface area contributed by atoms with Gasteiger partial charge in [0, 0.05) is 19.2 Å². The van der Waals surface area contributed by atoms with Crippen LogP contribution in [0.2, 0.25) is 0 Å². The molecule has 3 nitrogen and oxygen atoms in total. The summed E-state index contributed by atoms with van der Waals surface area (Å²) < 4.78 is 5.63. The average molecular weight is 235 g/mol. The van der Waals surface area contributed by atoms with Gasteiger partial charge >= 0.3 is 0 Å². The fourth-order valence-electron chi connectivity index (χ4n) is 1.70. The van der Waals surface area contributed by atoms with Gasteiger partial charge < -0.3 is 15.2 Å². The van der Waals surface area contributed by atoms with E-state index in [0.29, 0.717) is 6.61 Å². The highest BCUT2D eigenvalue weighted by Crippen LogP contribution is 2.20. The molecule has 1 saturated carbocycles. The molecular formula is C14H21NO2. The Bertz CT molecular complexity index is 337. The van der Waals surface area contributed by atoms with E-state index in [0.717, 1.165) is 31.2 Å². The van der Waals surface area contributed by atoms with E-state index in [2.05, 4.69) is 17.4 Å². The molecule has 0 amide bonds. The topological polar surface area (TPSA) is 41.5 Å². The highest BCUT2D eigenvalue weighted by molar-refractivity contribution is 5.28. The van der Waals surface area contributed by atoms with E-state index in [9.17, 15) is 0 Å². The molecule has 0 unspecified atom stereocenters. The summed E-state index contributed by atoms with van der Waals surface area (Å²) in [5.41, 5.74) is 1.27. The minimum absolute atomic E-state index is 0.245. The number of ether oxygens (including phenoxy) is 1. The number of aliphatic hydroxyl groups excluding tert-OH is 1. The van der Waals surface area contributed by atoms with Crippen LogP contribution in [-0.4, -0.2) is 24.4 Å². The SMILES string of the molecule is OCCCCOc1cccc(CNC2CC2)c1. The van der Waals surface area contributed by atoms with Gasteiger partial charge in [0.05, 0.1) is 6.61 Å². The van der Waals surface area contributed by atoms with E-state index in [1.165, 1.54) is 18.4 Å². The monoisotopic (exact) mass is 235 g/mol. The zero-order valence-corrected chi connectivity index (χ0v) is 10.2. The smallest absolute Gasteiger partial charge is 0.119 e. The summed E-state index contributed by atoms with van der Waals surface area (Å²) in [6.45, 7) is 1.85. The maximum Gasteiger partial charge on any atom is 0.119 e. The molecule has 1 aliphatic rings. The fraction of sp³-hybridized carbons (Fsp3) is 0.571. The van der Waals surface area contributed by atoms with Crippen molar-refractivity contribution in [2.24, 2.45) is 0 Å². The molecule has 3 heteroatoms. The number of nitrogens with one attached hydrogen (secondary N) is 1. The Hall–Kier alpha value is -1.06. The van der Waals surface area contributed by atoms with Gasteiger partial charge in [-0.3, -0.25) is 0 Å². The van der Waals surface area contributed by atoms with Crippen molar-refractivity contribution < 1.29 is 9.84 Å². The van der Waals surface area contributed by atoms with Gasteiger partial charge in [-0.2, -0.15) is 0 Å². The first-order valence-electron chi connectivity index (χ1n) is 6.44. The summed E-state index contributed by atoms with van der Waals surface area (Å²) in [5.74, 6) is 0.929. The molecule has 0 bridgehead atoms. The third-order valence-electron chi connectivity index (χ3n) is 2.89. The van der Waals surface area contributed by atoms with E-state index in [1.54, 1.807) is 0 Å². The summed E-state index contributed by atoms with van der Waals surface area (Å²) in [7, 11) is 0. The zero-order chi connectivity index (χ0) is 11.9. The molecule has 0 radical (unpaired) electrons. The molecule has 1 fully saturated rings. The molecule has 2 N–H and O–H groups in total. The van der Waals surface area contributed by atoms with Gasteiger partial charge in [-0.1, -0.05) is 12.1 Å². The van der Waals surface area contributed by atoms with Crippen LogP contribution in [0.15, 0.2) is 24.3 Å². The lowest BCUT2D eigenvalue weighted by Gasteiger charge is -2.08. The molecule has 0 aromatic heterocycles. The number of aliphatic hydroxyl groups is 1. The van der Waals surface area contributed by atoms with Crippen LogP contribution in [0.1, 0.15) is 31.2 Å². The van der Waals surface area contributed by atoms with Crippen molar-refractivity contribution in [3.05, 3.63) is 29.8 Å². The van der Waals surface area contributed by atoms with Crippen LogP contribution in [0.4, 0.5) is 0 Å². The normalized spacial score (nSPS) is 14.9. The Balaban J connectivity index is 1.74. The lowest BCUT2D eigenvalue weighted by Crippen LogP contribution is -2.15. The fourth-order valence-corrected chi connectivity index (χ4v) is 1.70. The molecule has 94 valence electrons. The van der Waals surface area contributed by atoms with Crippen LogP contribution in [0.3, 0.4) is 0 Å². The summed E-state index contributed by atoms with van der Waals surface area (Å²) in [5, 5.41) is 12.2. The maximum absolute atomic E-state index is 8.67. The lowest BCUT2D eigenvalue weighted by atomic mass is 10.2. The Kier molecular flexibility index (Phi) is 4.83. The van der Waals surface area contributed by atoms with Crippen molar-refractivity contribution in [3.63, 3.8) is 0 Å². The second kappa shape index (κ2) is 6.62. The van der Waals surface area contributed by atoms with Gasteiger partial charge in [0.2, 0.25) is 0 Å². The van der Waals surface area contributed by atoms with Crippen LogP contribution in [0.5, 0.6) is 5.75 Å². The molecule has 0 saturated heterocycles. The Morgan fingerprint density at radius 1 is 1.29 bits per heavy atom. The highest BCUT2D eigenvalue weighted by Gasteiger charge is 2.19. The third kappa shape index (κ3) is 4.75. The van der Waals surface area contributed by atoms with Gasteiger partial charge in [0.25, 0.3) is 0 Å². The average Bonchev–Trinajstić information content (AvgIpc) is 3.17. The number of rotatable bonds is 8. The lowest BCUT2D eigenvalue weighted by molar-refractivity contribution is 0.253. The Labute approximate surface area is 103 Å². The van der Waals surface area contributed by atoms with Gasteiger partial charge in [0.15, 0.2) is 0 Å². The first-order valence-corrected chi connectivity index (χ1v) is 6.44. The first kappa shape index (κ1) is 12.4. The largest absolute Gasteiger partial charge is 0.494 e. The molecule has 0 spiro atoms. The molecule has 0 aliphatic heterocycles. The Morgan fingerprint density at radius 3 is 2.94 bits per heavy atom. The van der Waals surface area contributed by atoms with Crippen LogP contribution in [0.25, 0.3) is 0 Å². The minimum Gasteiger partial charge on any atom is -0.494 e. The van der Waals surface area contributed by atoms with E-state index >= 15 is 0 Å². The van der Waals surface area contributed by atoms with Gasteiger partial charge in [0.1, 0.15) is 5.75 Å². The Morgan fingerprint density at radius 2 is 2.18 bits per heavy atom. The van der Waals surface area contributed by atoms with E-state index < -0.39 is 0 Å². The van der Waals surface area contributed by atoms with Crippen LogP contribution in [0, 0.1) is 0 Å². The highest BCUT2D eigenvalue weighted by atomic mass is 16.5. The molecular weight excluding hydrogens is 214 g/mol. The number of unbranched alkanes of at least 4 members (excludes halogenated alkanes) is 1. The second-order valence-electron chi connectivity index (χ2n) is 4.58. The first-order chi connectivity index (χ1) is 8.38. The molecule has 0 heterocycles. The van der Waals surface area contributed by atoms with Crippen molar-refractivity contribution in [1.82, 2.24) is 5.32 Å². The summed E-state index contributed by atoms with van der Waals surface area (Å²) in [6.07, 6.45) is 4.35. The maximum atomic E-state index is 8.67. The molecule has 0 atom stereocenters.